The molecular formula is C30H43NO3. The molecule has 1 saturated heterocycles. The minimum atomic E-state index is -0.846. The van der Waals surface area contributed by atoms with Gasteiger partial charge in [-0.05, 0) is 87.8 Å². The summed E-state index contributed by atoms with van der Waals surface area (Å²) in [7, 11) is 1.89. The molecule has 4 nitrogen and oxygen atoms in total. The van der Waals surface area contributed by atoms with Gasteiger partial charge >= 0.3 is 0 Å². The summed E-state index contributed by atoms with van der Waals surface area (Å²) in [5.74, 6) is 2.10. The van der Waals surface area contributed by atoms with Crippen molar-refractivity contribution in [3.63, 3.8) is 0 Å². The quantitative estimate of drug-likeness (QED) is 0.678. The van der Waals surface area contributed by atoms with E-state index in [9.17, 15) is 5.11 Å². The first-order chi connectivity index (χ1) is 16.0. The molecule has 0 radical (unpaired) electrons. The van der Waals surface area contributed by atoms with E-state index in [-0.39, 0.29) is 28.3 Å². The first kappa shape index (κ1) is 22.1. The number of hydrogen-bond donors (Lipinski definition) is 1. The monoisotopic (exact) mass is 465 g/mol. The Labute approximate surface area is 205 Å². The Morgan fingerprint density at radius 3 is 2.59 bits per heavy atom. The zero-order chi connectivity index (χ0) is 23.9. The highest BCUT2D eigenvalue weighted by molar-refractivity contribution is 5.61. The second-order valence-corrected chi connectivity index (χ2v) is 14.1. The maximum absolute atomic E-state index is 12.2. The average Bonchev–Trinajstić information content (AvgIpc) is 3.53. The molecule has 186 valence electrons. The summed E-state index contributed by atoms with van der Waals surface area (Å²) in [5, 5.41) is 12.2. The van der Waals surface area contributed by atoms with Crippen LogP contribution in [0.15, 0.2) is 12.1 Å². The lowest BCUT2D eigenvalue weighted by atomic mass is 9.33. The van der Waals surface area contributed by atoms with Gasteiger partial charge in [-0.15, -0.1) is 0 Å². The van der Waals surface area contributed by atoms with E-state index in [1.165, 1.54) is 55.5 Å². The molecule has 4 bridgehead atoms. The Morgan fingerprint density at radius 1 is 1.15 bits per heavy atom. The van der Waals surface area contributed by atoms with Crippen LogP contribution in [0.2, 0.25) is 0 Å². The molecule has 1 N–H and O–H groups in total. The molecule has 5 aliphatic carbocycles. The number of piperidine rings is 1. The number of fused-ring (bicyclic) bond motifs is 2. The van der Waals surface area contributed by atoms with Crippen LogP contribution in [0.4, 0.5) is 0 Å². The molecule has 2 unspecified atom stereocenters. The lowest BCUT2D eigenvalue weighted by molar-refractivity contribution is -0.312. The molecule has 7 atom stereocenters. The Bertz CT molecular complexity index is 1050. The Balaban J connectivity index is 1.47. The highest BCUT2D eigenvalue weighted by Crippen LogP contribution is 2.77. The zero-order valence-electron chi connectivity index (χ0n) is 22.0. The minimum absolute atomic E-state index is 0.00736. The number of benzene rings is 1. The number of aryl methyl sites for hydroxylation is 1. The highest BCUT2D eigenvalue weighted by atomic mass is 16.6. The van der Waals surface area contributed by atoms with Crippen molar-refractivity contribution in [1.29, 1.82) is 0 Å². The van der Waals surface area contributed by atoms with Crippen molar-refractivity contribution in [2.24, 2.45) is 22.7 Å². The van der Waals surface area contributed by atoms with E-state index in [0.717, 1.165) is 30.9 Å². The van der Waals surface area contributed by atoms with Crippen LogP contribution in [0, 0.1) is 29.6 Å². The Morgan fingerprint density at radius 2 is 1.91 bits per heavy atom. The van der Waals surface area contributed by atoms with Gasteiger partial charge in [0, 0.05) is 42.0 Å². The molecule has 7 aliphatic rings. The summed E-state index contributed by atoms with van der Waals surface area (Å²) in [6.07, 6.45) is 8.33. The summed E-state index contributed by atoms with van der Waals surface area (Å²) >= 11 is 0. The van der Waals surface area contributed by atoms with Crippen LogP contribution in [0.1, 0.15) is 82.9 Å². The van der Waals surface area contributed by atoms with Crippen LogP contribution in [-0.4, -0.2) is 53.6 Å². The Kier molecular flexibility index (Phi) is 4.18. The molecule has 5 fully saturated rings. The third-order valence-electron chi connectivity index (χ3n) is 12.1. The van der Waals surface area contributed by atoms with E-state index in [0.29, 0.717) is 6.04 Å². The smallest absolute Gasteiger partial charge is 0.138 e. The standard InChI is InChI=1S/C30H43NO3/c1-18-7-10-20-15-22-28-11-12-30(33-6,21(16-28)27(5,32)26(2,3)4)25-29(28,23(20)24(18)34-25)13-14-31(22)17-19-8-9-19/h7,10,19,21-22,25,32H,8-9,11-17H2,1-6H3/t21-,22-,25?,27?,28-,29+,30+/m1/s1. The van der Waals surface area contributed by atoms with E-state index in [2.05, 4.69) is 51.7 Å². The predicted molar refractivity (Wildman–Crippen MR) is 133 cm³/mol. The predicted octanol–water partition coefficient (Wildman–Crippen LogP) is 5.02. The van der Waals surface area contributed by atoms with Crippen molar-refractivity contribution in [2.45, 2.75) is 108 Å². The van der Waals surface area contributed by atoms with E-state index in [1.807, 2.05) is 7.11 Å². The van der Waals surface area contributed by atoms with Gasteiger partial charge in [-0.25, -0.2) is 0 Å². The van der Waals surface area contributed by atoms with Crippen LogP contribution in [0.25, 0.3) is 0 Å². The largest absolute Gasteiger partial charge is 0.486 e. The van der Waals surface area contributed by atoms with Gasteiger partial charge in [-0.2, -0.15) is 0 Å². The van der Waals surface area contributed by atoms with E-state index in [4.69, 9.17) is 9.47 Å². The lowest BCUT2D eigenvalue weighted by Crippen LogP contribution is -2.83. The second-order valence-electron chi connectivity index (χ2n) is 14.1. The fourth-order valence-electron chi connectivity index (χ4n) is 9.73. The molecule has 4 heteroatoms. The minimum Gasteiger partial charge on any atom is -0.486 e. The molecule has 8 rings (SSSR count). The number of ether oxygens (including phenoxy) is 2. The molecule has 34 heavy (non-hydrogen) atoms. The molecule has 4 saturated carbocycles. The lowest BCUT2D eigenvalue weighted by Gasteiger charge is -2.75. The summed E-state index contributed by atoms with van der Waals surface area (Å²) in [5.41, 5.74) is 2.95. The van der Waals surface area contributed by atoms with Crippen molar-refractivity contribution in [3.8, 4) is 5.75 Å². The van der Waals surface area contributed by atoms with Crippen LogP contribution in [-0.2, 0) is 16.6 Å². The first-order valence-corrected chi connectivity index (χ1v) is 13.8. The number of hydrogen-bond acceptors (Lipinski definition) is 4. The topological polar surface area (TPSA) is 41.9 Å². The van der Waals surface area contributed by atoms with Crippen molar-refractivity contribution in [1.82, 2.24) is 4.90 Å². The molecule has 1 aromatic rings. The highest BCUT2D eigenvalue weighted by Gasteiger charge is 2.82. The summed E-state index contributed by atoms with van der Waals surface area (Å²) in [6, 6.07) is 5.24. The van der Waals surface area contributed by atoms with E-state index < -0.39 is 11.2 Å². The van der Waals surface area contributed by atoms with Crippen molar-refractivity contribution < 1.29 is 14.6 Å². The number of aliphatic hydroxyl groups is 1. The fourth-order valence-corrected chi connectivity index (χ4v) is 9.73. The van der Waals surface area contributed by atoms with Crippen molar-refractivity contribution >= 4 is 0 Å². The SMILES string of the molecule is CO[C@@]12CC[C@@]3(C[C@@H]1C(C)(O)C(C)(C)C)[C@H]1Cc4ccc(C)c5c4[C@@]3(CCN1CC1CC1)C2O5. The summed E-state index contributed by atoms with van der Waals surface area (Å²) in [4.78, 5) is 2.88. The second kappa shape index (κ2) is 6.42. The van der Waals surface area contributed by atoms with Crippen LogP contribution >= 0.6 is 0 Å². The number of likely N-dealkylation sites (tertiary alicyclic amines) is 1. The van der Waals surface area contributed by atoms with Gasteiger partial charge in [0.2, 0.25) is 0 Å². The number of rotatable bonds is 4. The molecule has 0 aromatic heterocycles. The summed E-state index contributed by atoms with van der Waals surface area (Å²) < 4.78 is 13.8. The van der Waals surface area contributed by atoms with Gasteiger partial charge in [0.15, 0.2) is 0 Å². The van der Waals surface area contributed by atoms with Crippen molar-refractivity contribution in [3.05, 3.63) is 28.8 Å². The van der Waals surface area contributed by atoms with E-state index >= 15 is 0 Å². The zero-order valence-corrected chi connectivity index (χ0v) is 22.0. The van der Waals surface area contributed by atoms with Gasteiger partial charge in [0.25, 0.3) is 0 Å². The summed E-state index contributed by atoms with van der Waals surface area (Å²) in [6.45, 7) is 13.3. The van der Waals surface area contributed by atoms with Crippen LogP contribution in [0.5, 0.6) is 5.75 Å². The first-order valence-electron chi connectivity index (χ1n) is 13.8. The van der Waals surface area contributed by atoms with Gasteiger partial charge in [-0.3, -0.25) is 4.90 Å². The third-order valence-corrected chi connectivity index (χ3v) is 12.1. The molecule has 2 heterocycles. The van der Waals surface area contributed by atoms with Crippen molar-refractivity contribution in [2.75, 3.05) is 20.2 Å². The Hall–Kier alpha value is -1.10. The third kappa shape index (κ3) is 2.29. The van der Waals surface area contributed by atoms with Crippen LogP contribution < -0.4 is 4.74 Å². The molecule has 2 aliphatic heterocycles. The molecule has 1 aromatic carbocycles. The molecule has 2 spiro atoms. The maximum atomic E-state index is 12.2. The average molecular weight is 466 g/mol. The number of methoxy groups -OCH3 is 1. The maximum Gasteiger partial charge on any atom is 0.138 e. The molecule has 0 amide bonds. The number of nitrogens with zero attached hydrogens (tertiary/aromatic N) is 1. The molecular weight excluding hydrogens is 422 g/mol. The van der Waals surface area contributed by atoms with Gasteiger partial charge in [0.05, 0.1) is 5.60 Å². The van der Waals surface area contributed by atoms with E-state index in [1.54, 1.807) is 0 Å². The van der Waals surface area contributed by atoms with Gasteiger partial charge < -0.3 is 14.6 Å². The normalized spacial score (nSPS) is 43.9. The van der Waals surface area contributed by atoms with Gasteiger partial charge in [0.1, 0.15) is 17.5 Å². The van der Waals surface area contributed by atoms with Gasteiger partial charge in [-0.1, -0.05) is 32.9 Å². The fraction of sp³-hybridized carbons (Fsp3) is 0.800. The van der Waals surface area contributed by atoms with Crippen LogP contribution in [0.3, 0.4) is 0 Å².